The van der Waals surface area contributed by atoms with E-state index in [4.69, 9.17) is 14.2 Å². The van der Waals surface area contributed by atoms with Gasteiger partial charge in [0, 0.05) is 0 Å². The Morgan fingerprint density at radius 2 is 1.75 bits per heavy atom. The van der Waals surface area contributed by atoms with Crippen LogP contribution in [0.25, 0.3) is 0 Å². The normalized spacial score (nSPS) is 16.8. The zero-order valence-corrected chi connectivity index (χ0v) is 13.1. The Balaban J connectivity index is 1.74. The molecule has 0 saturated heterocycles. The molecule has 1 aliphatic heterocycles. The van der Waals surface area contributed by atoms with E-state index in [1.807, 2.05) is 12.1 Å². The second kappa shape index (κ2) is 7.04. The number of hydrogen-bond donors (Lipinski definition) is 1. The van der Waals surface area contributed by atoms with Gasteiger partial charge in [-0.1, -0.05) is 42.5 Å². The number of carbonyl (C=O) groups excluding carboxylic acids is 2. The van der Waals surface area contributed by atoms with E-state index in [-0.39, 0.29) is 6.61 Å². The van der Waals surface area contributed by atoms with Crippen LogP contribution in [0.4, 0.5) is 0 Å². The quantitative estimate of drug-likeness (QED) is 0.868. The van der Waals surface area contributed by atoms with Crippen LogP contribution >= 0.6 is 0 Å². The van der Waals surface area contributed by atoms with Crippen LogP contribution in [0.5, 0.6) is 11.5 Å². The van der Waals surface area contributed by atoms with Crippen LogP contribution < -0.4 is 14.8 Å². The van der Waals surface area contributed by atoms with Gasteiger partial charge in [0.25, 0.3) is 5.91 Å². The highest BCUT2D eigenvalue weighted by Crippen LogP contribution is 2.31. The monoisotopic (exact) mass is 327 g/mol. The van der Waals surface area contributed by atoms with Crippen LogP contribution in [0.1, 0.15) is 11.6 Å². The van der Waals surface area contributed by atoms with Crippen LogP contribution in [0.2, 0.25) is 0 Å². The molecule has 2 atom stereocenters. The topological polar surface area (TPSA) is 73.9 Å². The van der Waals surface area contributed by atoms with E-state index in [1.165, 1.54) is 7.11 Å². The van der Waals surface area contributed by atoms with Gasteiger partial charge in [0.1, 0.15) is 6.61 Å². The number of ether oxygens (including phenoxy) is 3. The summed E-state index contributed by atoms with van der Waals surface area (Å²) in [5, 5.41) is 2.67. The molecule has 0 radical (unpaired) electrons. The highest BCUT2D eigenvalue weighted by molar-refractivity contribution is 5.88. The molecule has 6 heteroatoms. The molecule has 0 unspecified atom stereocenters. The SMILES string of the molecule is COC(=O)[C@@H](NC(=O)[C@H]1COc2ccccc2O1)c1ccccc1. The van der Waals surface area contributed by atoms with Crippen molar-refractivity contribution in [2.75, 3.05) is 13.7 Å². The highest BCUT2D eigenvalue weighted by Gasteiger charge is 2.31. The van der Waals surface area contributed by atoms with Crippen LogP contribution in [-0.4, -0.2) is 31.7 Å². The summed E-state index contributed by atoms with van der Waals surface area (Å²) in [4.78, 5) is 24.5. The van der Waals surface area contributed by atoms with E-state index < -0.39 is 24.0 Å². The summed E-state index contributed by atoms with van der Waals surface area (Å²) in [7, 11) is 1.28. The molecule has 2 aromatic carbocycles. The molecule has 0 aromatic heterocycles. The average Bonchev–Trinajstić information content (AvgIpc) is 2.65. The van der Waals surface area contributed by atoms with Crippen molar-refractivity contribution >= 4 is 11.9 Å². The number of benzene rings is 2. The summed E-state index contributed by atoms with van der Waals surface area (Å²) in [6.45, 7) is 0.0749. The fourth-order valence-electron chi connectivity index (χ4n) is 2.43. The summed E-state index contributed by atoms with van der Waals surface area (Å²) >= 11 is 0. The molecular weight excluding hydrogens is 310 g/mol. The largest absolute Gasteiger partial charge is 0.485 e. The molecule has 0 saturated carbocycles. The molecule has 24 heavy (non-hydrogen) atoms. The van der Waals surface area contributed by atoms with Crippen LogP contribution in [0, 0.1) is 0 Å². The Hall–Kier alpha value is -3.02. The predicted octanol–water partition coefficient (Wildman–Crippen LogP) is 1.86. The fraction of sp³-hybridized carbons (Fsp3) is 0.222. The first kappa shape index (κ1) is 15.9. The lowest BCUT2D eigenvalue weighted by Gasteiger charge is -2.27. The molecule has 1 amide bonds. The standard InChI is InChI=1S/C18H17NO5/c1-22-18(21)16(12-7-3-2-4-8-12)19-17(20)15-11-23-13-9-5-6-10-14(13)24-15/h2-10,15-16H,11H2,1H3,(H,19,20)/t15-,16+/m1/s1. The Morgan fingerprint density at radius 1 is 1.08 bits per heavy atom. The smallest absolute Gasteiger partial charge is 0.333 e. The molecule has 6 nitrogen and oxygen atoms in total. The highest BCUT2D eigenvalue weighted by atomic mass is 16.6. The van der Waals surface area contributed by atoms with Crippen molar-refractivity contribution in [2.45, 2.75) is 12.1 Å². The lowest BCUT2D eigenvalue weighted by molar-refractivity contribution is -0.146. The molecule has 3 rings (SSSR count). The van der Waals surface area contributed by atoms with Gasteiger partial charge in [-0.25, -0.2) is 4.79 Å². The maximum atomic E-state index is 12.5. The number of para-hydroxylation sites is 2. The van der Waals surface area contributed by atoms with Gasteiger partial charge in [-0.05, 0) is 17.7 Å². The van der Waals surface area contributed by atoms with Crippen LogP contribution in [0.15, 0.2) is 54.6 Å². The first-order valence-electron chi connectivity index (χ1n) is 7.50. The lowest BCUT2D eigenvalue weighted by atomic mass is 10.1. The average molecular weight is 327 g/mol. The molecule has 0 fully saturated rings. The molecule has 0 bridgehead atoms. The third-order valence-electron chi connectivity index (χ3n) is 3.66. The molecule has 1 N–H and O–H groups in total. The number of nitrogens with one attached hydrogen (secondary N) is 1. The summed E-state index contributed by atoms with van der Waals surface area (Å²) in [6, 6.07) is 15.1. The van der Waals surface area contributed by atoms with Crippen molar-refractivity contribution in [2.24, 2.45) is 0 Å². The van der Waals surface area contributed by atoms with E-state index in [2.05, 4.69) is 5.32 Å². The Kier molecular flexibility index (Phi) is 4.65. The summed E-state index contributed by atoms with van der Waals surface area (Å²) < 4.78 is 16.0. The van der Waals surface area contributed by atoms with E-state index in [0.29, 0.717) is 17.1 Å². The van der Waals surface area contributed by atoms with Gasteiger partial charge in [0.2, 0.25) is 6.10 Å². The van der Waals surface area contributed by atoms with Crippen molar-refractivity contribution in [3.8, 4) is 11.5 Å². The second-order valence-electron chi connectivity index (χ2n) is 5.24. The molecule has 1 aliphatic rings. The van der Waals surface area contributed by atoms with Gasteiger partial charge in [-0.2, -0.15) is 0 Å². The molecule has 2 aromatic rings. The first-order chi connectivity index (χ1) is 11.7. The van der Waals surface area contributed by atoms with Crippen molar-refractivity contribution < 1.29 is 23.8 Å². The minimum absolute atomic E-state index is 0.0749. The van der Waals surface area contributed by atoms with E-state index in [9.17, 15) is 9.59 Å². The molecule has 1 heterocycles. The number of amides is 1. The second-order valence-corrected chi connectivity index (χ2v) is 5.24. The van der Waals surface area contributed by atoms with Gasteiger partial charge < -0.3 is 19.5 Å². The molecule has 0 aliphatic carbocycles. The maximum absolute atomic E-state index is 12.5. The number of methoxy groups -OCH3 is 1. The number of esters is 1. The minimum atomic E-state index is -0.899. The zero-order valence-electron chi connectivity index (χ0n) is 13.1. The van der Waals surface area contributed by atoms with Crippen molar-refractivity contribution in [1.82, 2.24) is 5.32 Å². The van der Waals surface area contributed by atoms with E-state index >= 15 is 0 Å². The Labute approximate surface area is 139 Å². The van der Waals surface area contributed by atoms with Crippen molar-refractivity contribution in [3.63, 3.8) is 0 Å². The summed E-state index contributed by atoms with van der Waals surface area (Å²) in [6.07, 6.45) is -0.837. The maximum Gasteiger partial charge on any atom is 0.333 e. The van der Waals surface area contributed by atoms with Crippen LogP contribution in [-0.2, 0) is 14.3 Å². The summed E-state index contributed by atoms with van der Waals surface area (Å²) in [5.41, 5.74) is 0.634. The molecule has 0 spiro atoms. The fourth-order valence-corrected chi connectivity index (χ4v) is 2.43. The van der Waals surface area contributed by atoms with E-state index in [0.717, 1.165) is 0 Å². The van der Waals surface area contributed by atoms with Gasteiger partial charge in [0.05, 0.1) is 7.11 Å². The van der Waals surface area contributed by atoms with E-state index in [1.54, 1.807) is 42.5 Å². The first-order valence-corrected chi connectivity index (χ1v) is 7.50. The number of carbonyl (C=O) groups is 2. The summed E-state index contributed by atoms with van der Waals surface area (Å²) in [5.74, 6) is 0.0998. The number of hydrogen-bond acceptors (Lipinski definition) is 5. The Morgan fingerprint density at radius 3 is 2.46 bits per heavy atom. The Bertz CT molecular complexity index is 731. The van der Waals surface area contributed by atoms with Crippen molar-refractivity contribution in [1.29, 1.82) is 0 Å². The third-order valence-corrected chi connectivity index (χ3v) is 3.66. The molecule has 124 valence electrons. The van der Waals surface area contributed by atoms with Gasteiger partial charge in [-0.15, -0.1) is 0 Å². The third kappa shape index (κ3) is 3.32. The van der Waals surface area contributed by atoms with Gasteiger partial charge in [0.15, 0.2) is 17.5 Å². The van der Waals surface area contributed by atoms with Gasteiger partial charge >= 0.3 is 5.97 Å². The lowest BCUT2D eigenvalue weighted by Crippen LogP contribution is -2.46. The minimum Gasteiger partial charge on any atom is -0.485 e. The van der Waals surface area contributed by atoms with Crippen molar-refractivity contribution in [3.05, 3.63) is 60.2 Å². The number of rotatable bonds is 4. The predicted molar refractivity (Wildman–Crippen MR) is 85.7 cm³/mol. The van der Waals surface area contributed by atoms with Crippen LogP contribution in [0.3, 0.4) is 0 Å². The molecular formula is C18H17NO5. The van der Waals surface area contributed by atoms with Gasteiger partial charge in [-0.3, -0.25) is 4.79 Å². The zero-order chi connectivity index (χ0) is 16.9. The number of fused-ring (bicyclic) bond motifs is 1.